The van der Waals surface area contributed by atoms with Crippen LogP contribution >= 0.6 is 0 Å². The lowest BCUT2D eigenvalue weighted by Gasteiger charge is -2.52. The van der Waals surface area contributed by atoms with E-state index in [0.717, 1.165) is 34.6 Å². The van der Waals surface area contributed by atoms with Crippen molar-refractivity contribution in [1.82, 2.24) is 26.6 Å². The first-order chi connectivity index (χ1) is 53.8. The second-order valence-corrected chi connectivity index (χ2v) is 28.9. The predicted molar refractivity (Wildman–Crippen MR) is 354 cm³/mol. The highest BCUT2D eigenvalue weighted by atomic mass is 16.8. The summed E-state index contributed by atoms with van der Waals surface area (Å²) in [6, 6.07) is -9.44. The zero-order valence-corrected chi connectivity index (χ0v) is 61.9. The van der Waals surface area contributed by atoms with Gasteiger partial charge in [-0.1, -0.05) is 0 Å². The molecule has 114 heavy (non-hydrogen) atoms. The predicted octanol–water partition coefficient (Wildman–Crippen LogP) is -18.9. The number of aliphatic hydroxyl groups excluding tert-OH is 23. The Morgan fingerprint density at radius 2 is 0.535 bits per heavy atom. The molecule has 9 saturated heterocycles. The number of nitrogens with one attached hydrogen (secondary N) is 5. The van der Waals surface area contributed by atoms with E-state index in [0.29, 0.717) is 0 Å². The molecule has 9 aliphatic heterocycles. The molecular formula is C64H107N5O45. The molecule has 0 aliphatic carbocycles. The maximum Gasteiger partial charge on any atom is 0.217 e. The summed E-state index contributed by atoms with van der Waals surface area (Å²) >= 11 is 0. The van der Waals surface area contributed by atoms with Crippen LogP contribution in [0.3, 0.4) is 0 Å². The van der Waals surface area contributed by atoms with Crippen LogP contribution in [-0.2, 0) is 104 Å². The third-order valence-corrected chi connectivity index (χ3v) is 20.7. The third-order valence-electron chi connectivity index (χ3n) is 20.7. The first-order valence-corrected chi connectivity index (χ1v) is 36.5. The summed E-state index contributed by atoms with van der Waals surface area (Å²) < 4.78 is 104. The van der Waals surface area contributed by atoms with Crippen LogP contribution in [0.5, 0.6) is 0 Å². The maximum absolute atomic E-state index is 13.3. The molecule has 50 nitrogen and oxygen atoms in total. The Hall–Kier alpha value is -4.25. The molecule has 50 heteroatoms. The van der Waals surface area contributed by atoms with Crippen molar-refractivity contribution < 1.29 is 222 Å². The Morgan fingerprint density at radius 3 is 0.947 bits per heavy atom. The maximum atomic E-state index is 13.3. The minimum Gasteiger partial charge on any atom is -0.394 e. The van der Waals surface area contributed by atoms with Crippen LogP contribution < -0.4 is 26.6 Å². The van der Waals surface area contributed by atoms with Crippen LogP contribution in [0.2, 0.25) is 0 Å². The van der Waals surface area contributed by atoms with E-state index in [4.69, 9.17) is 80.5 Å². The Labute approximate surface area is 646 Å². The van der Waals surface area contributed by atoms with Gasteiger partial charge in [-0.2, -0.15) is 0 Å². The highest BCUT2D eigenvalue weighted by Crippen LogP contribution is 2.41. The Bertz CT molecular complexity index is 3080. The van der Waals surface area contributed by atoms with Gasteiger partial charge in [-0.25, -0.2) is 0 Å². The van der Waals surface area contributed by atoms with Gasteiger partial charge in [0.05, 0.1) is 59.0 Å². The van der Waals surface area contributed by atoms with E-state index in [9.17, 15) is 141 Å². The van der Waals surface area contributed by atoms with E-state index in [1.807, 2.05) is 0 Å². The van der Waals surface area contributed by atoms with Gasteiger partial charge in [-0.3, -0.25) is 24.0 Å². The Morgan fingerprint density at radius 1 is 0.246 bits per heavy atom. The number of hydrogen-bond donors (Lipinski definition) is 28. The number of amides is 5. The molecule has 0 radical (unpaired) electrons. The van der Waals surface area contributed by atoms with Gasteiger partial charge in [0.15, 0.2) is 56.6 Å². The monoisotopic (exact) mass is 1670 g/mol. The summed E-state index contributed by atoms with van der Waals surface area (Å²) in [7, 11) is 0. The lowest BCUT2D eigenvalue weighted by Crippen LogP contribution is -2.71. The molecule has 658 valence electrons. The summed E-state index contributed by atoms with van der Waals surface area (Å²) in [6.45, 7) is -2.88. The molecule has 0 bridgehead atoms. The van der Waals surface area contributed by atoms with Crippen molar-refractivity contribution in [2.45, 2.75) is 318 Å². The van der Waals surface area contributed by atoms with E-state index in [1.165, 1.54) is 6.92 Å². The number of aliphatic hydroxyl groups is 23. The average Bonchev–Trinajstić information content (AvgIpc) is 0.757. The van der Waals surface area contributed by atoms with Gasteiger partial charge < -0.3 is 225 Å². The molecule has 0 aromatic rings. The smallest absolute Gasteiger partial charge is 0.217 e. The van der Waals surface area contributed by atoms with Crippen molar-refractivity contribution in [2.75, 3.05) is 52.9 Å². The SMILES string of the molecule is CC(=O)NC1C(O)OC(COC2OC(C)C(O)C(O)C2O)C(OC2OC(CO)C(OC3OC(COC4OC(CO)C(O)C(O)C4OC4OC(CO)C(O)C(O)C4NC(C)=O)C(OC4OC(CO)C(O)C(O)C4NC(C)=O)C(OC4OC(CO)C(O)C(O)C4OC4OC(CO)C(O)C(O)C4NC(C)=O)C3O)C(O)C2NC(C)=O)C1O. The Kier molecular flexibility index (Phi) is 33.6. The number of ether oxygens (including phenoxy) is 17. The lowest BCUT2D eigenvalue weighted by molar-refractivity contribution is -0.407. The molecular weight excluding hydrogens is 1560 g/mol. The fourth-order valence-electron chi connectivity index (χ4n) is 14.7. The van der Waals surface area contributed by atoms with E-state index >= 15 is 0 Å². The molecule has 9 aliphatic rings. The Balaban J connectivity index is 1.16. The van der Waals surface area contributed by atoms with Crippen LogP contribution in [0.25, 0.3) is 0 Å². The number of rotatable bonds is 29. The zero-order valence-electron chi connectivity index (χ0n) is 61.9. The molecule has 9 heterocycles. The second kappa shape index (κ2) is 40.9. The van der Waals surface area contributed by atoms with Crippen molar-refractivity contribution in [2.24, 2.45) is 0 Å². The van der Waals surface area contributed by atoms with E-state index < -0.39 is 358 Å². The van der Waals surface area contributed by atoms with Gasteiger partial charge in [0.25, 0.3) is 0 Å². The van der Waals surface area contributed by atoms with Crippen LogP contribution in [-0.4, -0.2) is 476 Å². The van der Waals surface area contributed by atoms with Crippen molar-refractivity contribution in [3.05, 3.63) is 0 Å². The lowest BCUT2D eigenvalue weighted by atomic mass is 9.93. The van der Waals surface area contributed by atoms with Gasteiger partial charge >= 0.3 is 0 Å². The fourth-order valence-corrected chi connectivity index (χ4v) is 14.7. The van der Waals surface area contributed by atoms with Crippen molar-refractivity contribution in [3.63, 3.8) is 0 Å². The average molecular weight is 1670 g/mol. The van der Waals surface area contributed by atoms with E-state index in [-0.39, 0.29) is 0 Å². The van der Waals surface area contributed by atoms with Crippen molar-refractivity contribution in [3.8, 4) is 0 Å². The van der Waals surface area contributed by atoms with Crippen molar-refractivity contribution in [1.29, 1.82) is 0 Å². The molecule has 0 aromatic carbocycles. The topological polar surface area (TPSA) is 768 Å². The normalized spacial score (nSPS) is 48.2. The standard InChI is InChI=1S/C64H107N5O45/c1-15-34(81)45(92)48(95)61(100-15)98-13-27-51(43(90)29(56(97)101-27)65-16(2)76)109-60-33(69-20(6)80)44(91)50(26(12-75)107-60)110-62-49(96)53(112-64-55(47(94)39(86)25(11-74)106-64)114-59-32(68-19(5)79)42(89)37(84)23(9-72)104-59)52(111-57-30(66-17(3)77)40(87)35(82)21(7-70)102-57)28(108-62)14-99-63-54(46(93)38(85)24(10-73)105-63)113-58-31(67-18(4)78)41(88)36(83)22(8-71)103-58/h15,21-64,70-75,81-97H,7-14H2,1-6H3,(H,65,76)(H,66,77)(H,67,78)(H,68,79)(H,69,80). The van der Waals surface area contributed by atoms with Crippen LogP contribution in [0.4, 0.5) is 0 Å². The van der Waals surface area contributed by atoms with E-state index in [2.05, 4.69) is 26.6 Å². The summed E-state index contributed by atoms with van der Waals surface area (Å²) in [5.41, 5.74) is 0. The third kappa shape index (κ3) is 21.0. The molecule has 28 N–H and O–H groups in total. The molecule has 0 spiro atoms. The first-order valence-electron chi connectivity index (χ1n) is 36.5. The van der Waals surface area contributed by atoms with Gasteiger partial charge in [-0.05, 0) is 6.92 Å². The first kappa shape index (κ1) is 93.6. The van der Waals surface area contributed by atoms with Gasteiger partial charge in [0.2, 0.25) is 29.5 Å². The number of hydrogen-bond acceptors (Lipinski definition) is 45. The molecule has 0 saturated carbocycles. The van der Waals surface area contributed by atoms with Gasteiger partial charge in [0, 0.05) is 34.6 Å². The number of carbonyl (C=O) groups excluding carboxylic acids is 5. The summed E-state index contributed by atoms with van der Waals surface area (Å²) in [6.07, 6.45) is -83.8. The van der Waals surface area contributed by atoms with Crippen molar-refractivity contribution >= 4 is 29.5 Å². The molecule has 45 atom stereocenters. The zero-order chi connectivity index (χ0) is 84.1. The molecule has 9 rings (SSSR count). The highest BCUT2D eigenvalue weighted by molar-refractivity contribution is 5.75. The summed E-state index contributed by atoms with van der Waals surface area (Å²) in [5.74, 6) is -4.59. The second-order valence-electron chi connectivity index (χ2n) is 28.9. The van der Waals surface area contributed by atoms with Crippen LogP contribution in [0.15, 0.2) is 0 Å². The molecule has 9 fully saturated rings. The minimum absolute atomic E-state index is 0.845. The van der Waals surface area contributed by atoms with E-state index in [1.54, 1.807) is 0 Å². The highest BCUT2D eigenvalue weighted by Gasteiger charge is 2.61. The largest absolute Gasteiger partial charge is 0.394 e. The minimum atomic E-state index is -2.70. The van der Waals surface area contributed by atoms with Gasteiger partial charge in [-0.15, -0.1) is 0 Å². The molecule has 5 amide bonds. The quantitative estimate of drug-likeness (QED) is 0.0331. The fraction of sp³-hybridized carbons (Fsp3) is 0.922. The summed E-state index contributed by atoms with van der Waals surface area (Å²) in [5, 5.41) is 270. The van der Waals surface area contributed by atoms with Gasteiger partial charge in [0.1, 0.15) is 213 Å². The molecule has 0 aromatic heterocycles. The molecule has 45 unspecified atom stereocenters. The van der Waals surface area contributed by atoms with Crippen LogP contribution in [0, 0.1) is 0 Å². The van der Waals surface area contributed by atoms with Crippen LogP contribution in [0.1, 0.15) is 41.5 Å². The summed E-state index contributed by atoms with van der Waals surface area (Å²) in [4.78, 5) is 64.1. The number of carbonyl (C=O) groups is 5.